The molecule has 0 radical (unpaired) electrons. The van der Waals surface area contributed by atoms with E-state index in [0.717, 1.165) is 31.6 Å². The van der Waals surface area contributed by atoms with E-state index in [9.17, 15) is 5.11 Å². The quantitative estimate of drug-likeness (QED) is 0.699. The van der Waals surface area contributed by atoms with Gasteiger partial charge in [-0.25, -0.2) is 0 Å². The molecule has 2 atom stereocenters. The highest BCUT2D eigenvalue weighted by Crippen LogP contribution is 2.38. The van der Waals surface area contributed by atoms with Crippen LogP contribution in [0.15, 0.2) is 18.2 Å². The molecule has 1 aromatic rings. The predicted molar refractivity (Wildman–Crippen MR) is 64.1 cm³/mol. The van der Waals surface area contributed by atoms with Crippen molar-refractivity contribution in [3.05, 3.63) is 29.3 Å². The second-order valence-corrected chi connectivity index (χ2v) is 4.95. The topological polar surface area (TPSA) is 49.5 Å². The molecule has 2 unspecified atom stereocenters. The van der Waals surface area contributed by atoms with Crippen molar-refractivity contribution in [2.75, 3.05) is 18.8 Å². The number of aryl methyl sites for hydroxylation is 1. The summed E-state index contributed by atoms with van der Waals surface area (Å²) in [5, 5.41) is 9.59. The van der Waals surface area contributed by atoms with Gasteiger partial charge in [-0.2, -0.15) is 0 Å². The van der Waals surface area contributed by atoms with E-state index in [1.54, 1.807) is 0 Å². The summed E-state index contributed by atoms with van der Waals surface area (Å²) < 4.78 is 0. The molecular formula is C13H18N2O. The van der Waals surface area contributed by atoms with E-state index in [1.165, 1.54) is 17.5 Å². The zero-order valence-corrected chi connectivity index (χ0v) is 9.39. The van der Waals surface area contributed by atoms with Gasteiger partial charge in [-0.3, -0.25) is 4.90 Å². The lowest BCUT2D eigenvalue weighted by Gasteiger charge is -2.24. The van der Waals surface area contributed by atoms with Crippen LogP contribution in [0.2, 0.25) is 0 Å². The number of benzene rings is 1. The number of anilines is 1. The highest BCUT2D eigenvalue weighted by Gasteiger charge is 2.32. The van der Waals surface area contributed by atoms with E-state index >= 15 is 0 Å². The zero-order valence-electron chi connectivity index (χ0n) is 9.39. The first-order valence-electron chi connectivity index (χ1n) is 6.04. The van der Waals surface area contributed by atoms with Crippen molar-refractivity contribution in [2.45, 2.75) is 31.4 Å². The molecule has 1 fully saturated rings. The third-order valence-electron chi connectivity index (χ3n) is 3.85. The van der Waals surface area contributed by atoms with Gasteiger partial charge in [0.15, 0.2) is 0 Å². The SMILES string of the molecule is Nc1ccc2c(c1)CCC2N1CCC(O)C1. The van der Waals surface area contributed by atoms with Crippen molar-refractivity contribution in [1.29, 1.82) is 0 Å². The summed E-state index contributed by atoms with van der Waals surface area (Å²) >= 11 is 0. The first-order valence-corrected chi connectivity index (χ1v) is 6.04. The fourth-order valence-electron chi connectivity index (χ4n) is 3.05. The maximum Gasteiger partial charge on any atom is 0.0679 e. The lowest BCUT2D eigenvalue weighted by Crippen LogP contribution is -2.26. The van der Waals surface area contributed by atoms with Gasteiger partial charge in [-0.1, -0.05) is 6.07 Å². The zero-order chi connectivity index (χ0) is 11.1. The van der Waals surface area contributed by atoms with Crippen LogP contribution in [0.25, 0.3) is 0 Å². The number of hydrogen-bond donors (Lipinski definition) is 2. The number of nitrogens with two attached hydrogens (primary N) is 1. The van der Waals surface area contributed by atoms with Gasteiger partial charge in [0.2, 0.25) is 0 Å². The number of nitrogens with zero attached hydrogens (tertiary/aromatic N) is 1. The molecule has 3 N–H and O–H groups in total. The minimum absolute atomic E-state index is 0.127. The molecule has 2 aliphatic rings. The minimum Gasteiger partial charge on any atom is -0.399 e. The van der Waals surface area contributed by atoms with Gasteiger partial charge < -0.3 is 10.8 Å². The van der Waals surface area contributed by atoms with Gasteiger partial charge in [-0.05, 0) is 42.5 Å². The molecule has 16 heavy (non-hydrogen) atoms. The van der Waals surface area contributed by atoms with Crippen molar-refractivity contribution in [3.8, 4) is 0 Å². The lowest BCUT2D eigenvalue weighted by atomic mass is 10.1. The van der Waals surface area contributed by atoms with E-state index in [0.29, 0.717) is 6.04 Å². The van der Waals surface area contributed by atoms with E-state index in [-0.39, 0.29) is 6.10 Å². The smallest absolute Gasteiger partial charge is 0.0679 e. The van der Waals surface area contributed by atoms with E-state index in [1.807, 2.05) is 6.07 Å². The highest BCUT2D eigenvalue weighted by molar-refractivity contribution is 5.47. The summed E-state index contributed by atoms with van der Waals surface area (Å²) in [4.78, 5) is 2.41. The van der Waals surface area contributed by atoms with Gasteiger partial charge in [0.1, 0.15) is 0 Å². The number of fused-ring (bicyclic) bond motifs is 1. The molecule has 1 saturated heterocycles. The Morgan fingerprint density at radius 2 is 2.19 bits per heavy atom. The fourth-order valence-corrected chi connectivity index (χ4v) is 3.05. The third kappa shape index (κ3) is 1.60. The van der Waals surface area contributed by atoms with Crippen molar-refractivity contribution in [1.82, 2.24) is 4.90 Å². The van der Waals surface area contributed by atoms with Crippen molar-refractivity contribution >= 4 is 5.69 Å². The molecular weight excluding hydrogens is 200 g/mol. The summed E-state index contributed by atoms with van der Waals surface area (Å²) in [7, 11) is 0. The summed E-state index contributed by atoms with van der Waals surface area (Å²) in [6.45, 7) is 1.85. The van der Waals surface area contributed by atoms with Crippen molar-refractivity contribution in [2.24, 2.45) is 0 Å². The molecule has 3 rings (SSSR count). The average Bonchev–Trinajstić information content (AvgIpc) is 2.83. The number of likely N-dealkylation sites (tertiary alicyclic amines) is 1. The molecule has 3 heteroatoms. The van der Waals surface area contributed by atoms with E-state index in [4.69, 9.17) is 5.73 Å². The van der Waals surface area contributed by atoms with E-state index < -0.39 is 0 Å². The van der Waals surface area contributed by atoms with Gasteiger partial charge in [0, 0.05) is 24.8 Å². The number of hydrogen-bond acceptors (Lipinski definition) is 3. The highest BCUT2D eigenvalue weighted by atomic mass is 16.3. The number of nitrogen functional groups attached to an aromatic ring is 1. The molecule has 1 aliphatic carbocycles. The molecule has 0 aromatic heterocycles. The summed E-state index contributed by atoms with van der Waals surface area (Å²) in [5.74, 6) is 0. The normalized spacial score (nSPS) is 29.6. The van der Waals surface area contributed by atoms with Crippen LogP contribution in [0.5, 0.6) is 0 Å². The van der Waals surface area contributed by atoms with Crippen LogP contribution in [0.3, 0.4) is 0 Å². The summed E-state index contributed by atoms with van der Waals surface area (Å²) in [5.41, 5.74) is 9.47. The Labute approximate surface area is 95.9 Å². The number of aliphatic hydroxyl groups excluding tert-OH is 1. The average molecular weight is 218 g/mol. The van der Waals surface area contributed by atoms with E-state index in [2.05, 4.69) is 17.0 Å². The maximum absolute atomic E-state index is 9.59. The molecule has 1 aromatic carbocycles. The molecule has 0 bridgehead atoms. The van der Waals surface area contributed by atoms with Gasteiger partial charge in [-0.15, -0.1) is 0 Å². The van der Waals surface area contributed by atoms with Crippen LogP contribution in [-0.4, -0.2) is 29.2 Å². The molecule has 0 amide bonds. The van der Waals surface area contributed by atoms with Crippen LogP contribution in [0.4, 0.5) is 5.69 Å². The maximum atomic E-state index is 9.59. The Morgan fingerprint density at radius 3 is 2.94 bits per heavy atom. The first-order chi connectivity index (χ1) is 7.74. The van der Waals surface area contributed by atoms with Gasteiger partial charge >= 0.3 is 0 Å². The number of aliphatic hydroxyl groups is 1. The standard InChI is InChI=1S/C13H18N2O/c14-10-2-3-12-9(7-10)1-4-13(12)15-6-5-11(16)8-15/h2-3,7,11,13,16H,1,4-6,8,14H2. The Bertz CT molecular complexity index is 405. The second-order valence-electron chi connectivity index (χ2n) is 4.95. The summed E-state index contributed by atoms with van der Waals surface area (Å²) in [6.07, 6.45) is 3.09. The molecule has 0 spiro atoms. The van der Waals surface area contributed by atoms with Crippen LogP contribution < -0.4 is 5.73 Å². The first kappa shape index (κ1) is 10.1. The fraction of sp³-hybridized carbons (Fsp3) is 0.538. The van der Waals surface area contributed by atoms with Crippen LogP contribution in [-0.2, 0) is 6.42 Å². The van der Waals surface area contributed by atoms with Crippen LogP contribution in [0, 0.1) is 0 Å². The number of β-amino-alcohol motifs (C(OH)–C–C–N with tert-alkyl or cyclic N) is 1. The van der Waals surface area contributed by atoms with Crippen LogP contribution >= 0.6 is 0 Å². The lowest BCUT2D eigenvalue weighted by molar-refractivity contribution is 0.159. The Morgan fingerprint density at radius 1 is 1.31 bits per heavy atom. The Hall–Kier alpha value is -1.06. The van der Waals surface area contributed by atoms with Crippen molar-refractivity contribution in [3.63, 3.8) is 0 Å². The minimum atomic E-state index is -0.127. The van der Waals surface area contributed by atoms with Gasteiger partial charge in [0.05, 0.1) is 6.10 Å². The Kier molecular flexibility index (Phi) is 2.37. The second kappa shape index (κ2) is 3.75. The monoisotopic (exact) mass is 218 g/mol. The molecule has 1 heterocycles. The van der Waals surface area contributed by atoms with Crippen LogP contribution in [0.1, 0.15) is 30.0 Å². The summed E-state index contributed by atoms with van der Waals surface area (Å²) in [6, 6.07) is 6.76. The Balaban J connectivity index is 1.86. The predicted octanol–water partition coefficient (Wildman–Crippen LogP) is 1.32. The van der Waals surface area contributed by atoms with Crippen molar-refractivity contribution < 1.29 is 5.11 Å². The molecule has 3 nitrogen and oxygen atoms in total. The number of rotatable bonds is 1. The largest absolute Gasteiger partial charge is 0.399 e. The third-order valence-corrected chi connectivity index (χ3v) is 3.85. The molecule has 86 valence electrons. The molecule has 1 aliphatic heterocycles. The van der Waals surface area contributed by atoms with Gasteiger partial charge in [0.25, 0.3) is 0 Å². The molecule has 0 saturated carbocycles.